The molecule has 0 radical (unpaired) electrons. The Morgan fingerprint density at radius 1 is 1.04 bits per heavy atom. The molecule has 0 aliphatic rings. The van der Waals surface area contributed by atoms with E-state index in [0.717, 1.165) is 24.0 Å². The molecule has 2 aromatic rings. The maximum Gasteiger partial charge on any atom is 0.255 e. The number of carbonyl (C=O) groups is 1. The van der Waals surface area contributed by atoms with Crippen molar-refractivity contribution in [1.29, 1.82) is 0 Å². The molecular formula is C19H24N2O3S. The van der Waals surface area contributed by atoms with Gasteiger partial charge in [-0.05, 0) is 61.7 Å². The van der Waals surface area contributed by atoms with E-state index in [1.807, 2.05) is 39.0 Å². The van der Waals surface area contributed by atoms with E-state index in [-0.39, 0.29) is 10.8 Å². The number of hydrogen-bond acceptors (Lipinski definition) is 3. The Morgan fingerprint density at radius 3 is 2.36 bits per heavy atom. The lowest BCUT2D eigenvalue weighted by Gasteiger charge is -2.10. The van der Waals surface area contributed by atoms with E-state index in [1.54, 1.807) is 12.1 Å². The van der Waals surface area contributed by atoms with Gasteiger partial charge in [-0.2, -0.15) is 0 Å². The van der Waals surface area contributed by atoms with Gasteiger partial charge in [0, 0.05) is 17.8 Å². The molecule has 0 aliphatic carbocycles. The fraction of sp³-hybridized carbons (Fsp3) is 0.316. The molecule has 0 heterocycles. The molecule has 0 saturated carbocycles. The summed E-state index contributed by atoms with van der Waals surface area (Å²) < 4.78 is 27.1. The summed E-state index contributed by atoms with van der Waals surface area (Å²) in [6.07, 6.45) is 1.67. The van der Waals surface area contributed by atoms with Gasteiger partial charge in [0.05, 0.1) is 4.90 Å². The van der Waals surface area contributed by atoms with Gasteiger partial charge in [0.15, 0.2) is 0 Å². The fourth-order valence-electron chi connectivity index (χ4n) is 2.52. The van der Waals surface area contributed by atoms with Crippen molar-refractivity contribution in [1.82, 2.24) is 4.72 Å². The third-order valence-corrected chi connectivity index (χ3v) is 5.17. The molecule has 5 nitrogen and oxygen atoms in total. The molecule has 0 fully saturated rings. The molecule has 0 spiro atoms. The number of carbonyl (C=O) groups excluding carboxylic acids is 1. The average molecular weight is 360 g/mol. The summed E-state index contributed by atoms with van der Waals surface area (Å²) in [6.45, 7) is 6.29. The molecular weight excluding hydrogens is 336 g/mol. The standard InChI is InChI=1S/C19H24N2O3S/c1-4-5-9-20-25(23,24)18-8-6-7-16(13-18)19(22)21-17-11-14(2)10-15(3)12-17/h6-8,10-13,20H,4-5,9H2,1-3H3,(H,21,22). The Kier molecular flexibility index (Phi) is 6.33. The van der Waals surface area contributed by atoms with E-state index >= 15 is 0 Å². The van der Waals surface area contributed by atoms with E-state index in [1.165, 1.54) is 12.1 Å². The number of nitrogens with one attached hydrogen (secondary N) is 2. The lowest BCUT2D eigenvalue weighted by Crippen LogP contribution is -2.25. The Labute approximate surface area is 149 Å². The molecule has 0 atom stereocenters. The highest BCUT2D eigenvalue weighted by Gasteiger charge is 2.16. The summed E-state index contributed by atoms with van der Waals surface area (Å²) in [7, 11) is -3.60. The molecule has 2 aromatic carbocycles. The number of benzene rings is 2. The zero-order chi connectivity index (χ0) is 18.4. The summed E-state index contributed by atoms with van der Waals surface area (Å²) in [5.41, 5.74) is 3.09. The van der Waals surface area contributed by atoms with Crippen LogP contribution >= 0.6 is 0 Å². The lowest BCUT2D eigenvalue weighted by molar-refractivity contribution is 0.102. The second kappa shape index (κ2) is 8.27. The van der Waals surface area contributed by atoms with Crippen LogP contribution in [0, 0.1) is 13.8 Å². The minimum Gasteiger partial charge on any atom is -0.322 e. The molecule has 6 heteroatoms. The van der Waals surface area contributed by atoms with Crippen molar-refractivity contribution in [3.8, 4) is 0 Å². The highest BCUT2D eigenvalue weighted by atomic mass is 32.2. The smallest absolute Gasteiger partial charge is 0.255 e. The fourth-order valence-corrected chi connectivity index (χ4v) is 3.64. The molecule has 2 rings (SSSR count). The Bertz CT molecular complexity index is 840. The number of unbranched alkanes of at least 4 members (excludes halogenated alkanes) is 1. The van der Waals surface area contributed by atoms with Crippen molar-refractivity contribution in [2.45, 2.75) is 38.5 Å². The van der Waals surface area contributed by atoms with Gasteiger partial charge in [0.2, 0.25) is 10.0 Å². The molecule has 1 amide bonds. The monoisotopic (exact) mass is 360 g/mol. The van der Waals surface area contributed by atoms with Crippen molar-refractivity contribution >= 4 is 21.6 Å². The number of amides is 1. The summed E-state index contributed by atoms with van der Waals surface area (Å²) in [6, 6.07) is 11.8. The SMILES string of the molecule is CCCCNS(=O)(=O)c1cccc(C(=O)Nc2cc(C)cc(C)c2)c1. The second-order valence-electron chi connectivity index (χ2n) is 6.11. The third kappa shape index (κ3) is 5.41. The normalized spacial score (nSPS) is 11.3. The van der Waals surface area contributed by atoms with Crippen LogP contribution in [0.5, 0.6) is 0 Å². The maximum absolute atomic E-state index is 12.4. The highest BCUT2D eigenvalue weighted by Crippen LogP contribution is 2.17. The molecule has 25 heavy (non-hydrogen) atoms. The quantitative estimate of drug-likeness (QED) is 0.740. The van der Waals surface area contributed by atoms with Gasteiger partial charge in [-0.15, -0.1) is 0 Å². The average Bonchev–Trinajstić information content (AvgIpc) is 2.54. The maximum atomic E-state index is 12.4. The zero-order valence-electron chi connectivity index (χ0n) is 14.8. The van der Waals surface area contributed by atoms with Crippen LogP contribution < -0.4 is 10.0 Å². The molecule has 0 bridgehead atoms. The van der Waals surface area contributed by atoms with Crippen LogP contribution in [-0.4, -0.2) is 20.9 Å². The summed E-state index contributed by atoms with van der Waals surface area (Å²) in [5, 5.41) is 2.82. The topological polar surface area (TPSA) is 75.3 Å². The zero-order valence-corrected chi connectivity index (χ0v) is 15.6. The lowest BCUT2D eigenvalue weighted by atomic mass is 10.1. The van der Waals surface area contributed by atoms with Crippen LogP contribution in [0.4, 0.5) is 5.69 Å². The van der Waals surface area contributed by atoms with Crippen molar-refractivity contribution < 1.29 is 13.2 Å². The van der Waals surface area contributed by atoms with Crippen molar-refractivity contribution in [2.24, 2.45) is 0 Å². The van der Waals surface area contributed by atoms with Gasteiger partial charge in [-0.1, -0.05) is 25.5 Å². The first-order chi connectivity index (χ1) is 11.8. The van der Waals surface area contributed by atoms with Crippen molar-refractivity contribution in [2.75, 3.05) is 11.9 Å². The minimum atomic E-state index is -3.60. The summed E-state index contributed by atoms with van der Waals surface area (Å²) >= 11 is 0. The Balaban J connectivity index is 2.18. The largest absolute Gasteiger partial charge is 0.322 e. The van der Waals surface area contributed by atoms with Crippen LogP contribution in [-0.2, 0) is 10.0 Å². The number of aryl methyl sites for hydroxylation is 2. The third-order valence-electron chi connectivity index (χ3n) is 3.71. The van der Waals surface area contributed by atoms with Crippen LogP contribution in [0.1, 0.15) is 41.3 Å². The van der Waals surface area contributed by atoms with Gasteiger partial charge in [0.1, 0.15) is 0 Å². The first-order valence-corrected chi connectivity index (χ1v) is 9.79. The van der Waals surface area contributed by atoms with E-state index in [0.29, 0.717) is 17.8 Å². The predicted octanol–water partition coefficient (Wildman–Crippen LogP) is 3.63. The summed E-state index contributed by atoms with van der Waals surface area (Å²) in [4.78, 5) is 12.5. The molecule has 0 unspecified atom stereocenters. The minimum absolute atomic E-state index is 0.0941. The molecule has 0 aliphatic heterocycles. The van der Waals surface area contributed by atoms with Crippen LogP contribution in [0.3, 0.4) is 0 Å². The molecule has 0 saturated heterocycles. The predicted molar refractivity (Wildman–Crippen MR) is 100 cm³/mol. The number of sulfonamides is 1. The Morgan fingerprint density at radius 2 is 1.72 bits per heavy atom. The van der Waals surface area contributed by atoms with Crippen molar-refractivity contribution in [3.63, 3.8) is 0 Å². The van der Waals surface area contributed by atoms with Crippen molar-refractivity contribution in [3.05, 3.63) is 59.2 Å². The first-order valence-electron chi connectivity index (χ1n) is 8.31. The van der Waals surface area contributed by atoms with Gasteiger partial charge < -0.3 is 5.32 Å². The first kappa shape index (κ1) is 19.1. The van der Waals surface area contributed by atoms with Crippen LogP contribution in [0.15, 0.2) is 47.4 Å². The second-order valence-corrected chi connectivity index (χ2v) is 7.88. The van der Waals surface area contributed by atoms with E-state index < -0.39 is 10.0 Å². The van der Waals surface area contributed by atoms with Gasteiger partial charge >= 0.3 is 0 Å². The number of anilines is 1. The molecule has 2 N–H and O–H groups in total. The van der Waals surface area contributed by atoms with E-state index in [4.69, 9.17) is 0 Å². The van der Waals surface area contributed by atoms with Gasteiger partial charge in [0.25, 0.3) is 5.91 Å². The molecule has 0 aromatic heterocycles. The number of hydrogen-bond donors (Lipinski definition) is 2. The molecule has 134 valence electrons. The Hall–Kier alpha value is -2.18. The number of rotatable bonds is 7. The van der Waals surface area contributed by atoms with E-state index in [2.05, 4.69) is 10.0 Å². The summed E-state index contributed by atoms with van der Waals surface area (Å²) in [5.74, 6) is -0.337. The van der Waals surface area contributed by atoms with E-state index in [9.17, 15) is 13.2 Å². The highest BCUT2D eigenvalue weighted by molar-refractivity contribution is 7.89. The van der Waals surface area contributed by atoms with Crippen LogP contribution in [0.2, 0.25) is 0 Å². The van der Waals surface area contributed by atoms with Crippen LogP contribution in [0.25, 0.3) is 0 Å². The van der Waals surface area contributed by atoms with Gasteiger partial charge in [-0.25, -0.2) is 13.1 Å². The van der Waals surface area contributed by atoms with Gasteiger partial charge in [-0.3, -0.25) is 4.79 Å².